The van der Waals surface area contributed by atoms with E-state index in [9.17, 15) is 19.4 Å². The van der Waals surface area contributed by atoms with E-state index in [2.05, 4.69) is 43.5 Å². The minimum absolute atomic E-state index is 0.00687. The minimum Gasteiger partial charge on any atom is -0.756 e. The zero-order chi connectivity index (χ0) is 40.7. The van der Waals surface area contributed by atoms with Crippen LogP contribution in [0.2, 0.25) is 0 Å². The predicted octanol–water partition coefficient (Wildman–Crippen LogP) is 12.3. The number of allylic oxidation sites excluding steroid dienone is 4. The highest BCUT2D eigenvalue weighted by atomic mass is 31.2. The second kappa shape index (κ2) is 38.5. The number of unbranched alkanes of at least 4 members (excludes halogenated alkanes) is 25. The number of likely N-dealkylation sites (N-methyl/N-ethyl adjacent to an activating group) is 1. The third kappa shape index (κ3) is 41.0. The third-order valence-electron chi connectivity index (χ3n) is 10.4. The van der Waals surface area contributed by atoms with E-state index in [1.807, 2.05) is 21.1 Å². The molecule has 0 spiro atoms. The Morgan fingerprint density at radius 2 is 1.00 bits per heavy atom. The molecule has 9 heteroatoms. The molecule has 3 atom stereocenters. The first kappa shape index (κ1) is 54.0. The molecule has 0 aliphatic heterocycles. The summed E-state index contributed by atoms with van der Waals surface area (Å²) < 4.78 is 23.3. The van der Waals surface area contributed by atoms with Crippen molar-refractivity contribution in [3.05, 3.63) is 24.3 Å². The molecule has 0 aliphatic rings. The maximum atomic E-state index is 12.9. The van der Waals surface area contributed by atoms with E-state index in [4.69, 9.17) is 9.05 Å². The monoisotopic (exact) mass is 799 g/mol. The van der Waals surface area contributed by atoms with Crippen molar-refractivity contribution in [1.29, 1.82) is 0 Å². The first-order valence-electron chi connectivity index (χ1n) is 23.2. The van der Waals surface area contributed by atoms with E-state index in [1.165, 1.54) is 141 Å². The lowest BCUT2D eigenvalue weighted by atomic mass is 10.0. The van der Waals surface area contributed by atoms with Crippen LogP contribution in [0.3, 0.4) is 0 Å². The largest absolute Gasteiger partial charge is 0.756 e. The van der Waals surface area contributed by atoms with E-state index in [0.717, 1.165) is 44.9 Å². The van der Waals surface area contributed by atoms with Gasteiger partial charge >= 0.3 is 0 Å². The van der Waals surface area contributed by atoms with E-state index in [1.54, 1.807) is 0 Å². The molecule has 0 rings (SSSR count). The molecule has 0 fully saturated rings. The van der Waals surface area contributed by atoms with Gasteiger partial charge in [-0.05, 0) is 64.2 Å². The number of nitrogens with zero attached hydrogens (tertiary/aromatic N) is 1. The number of hydrogen-bond donors (Lipinski definition) is 2. The number of quaternary nitrogens is 1. The molecule has 8 nitrogen and oxygen atoms in total. The van der Waals surface area contributed by atoms with Crippen molar-refractivity contribution in [3.8, 4) is 0 Å². The molecule has 0 radical (unpaired) electrons. The molecule has 0 saturated carbocycles. The molecule has 2 N–H and O–H groups in total. The molecule has 0 aromatic heterocycles. The standard InChI is InChI=1S/C46H91N2O6P/c1-6-8-10-12-14-16-18-20-22-24-26-28-30-32-34-36-38-40-46(50)47-44(43-54-55(51,52)53-42-41-48(3,4)5)45(49)39-37-35-33-31-29-27-25-23-21-19-17-15-13-11-9-7-2/h20,22,29,31,44-45,49H,6-19,21,23-28,30,32-43H2,1-5H3,(H-,47,50,51,52)/b22-20+,31-29+/t44-,45+/m0/s1. The average Bonchev–Trinajstić information content (AvgIpc) is 3.13. The lowest BCUT2D eigenvalue weighted by molar-refractivity contribution is -0.870. The van der Waals surface area contributed by atoms with Crippen molar-refractivity contribution in [1.82, 2.24) is 5.32 Å². The quantitative estimate of drug-likeness (QED) is 0.0276. The molecule has 0 aliphatic carbocycles. The van der Waals surface area contributed by atoms with Crippen LogP contribution in [-0.2, 0) is 18.4 Å². The smallest absolute Gasteiger partial charge is 0.268 e. The zero-order valence-electron chi connectivity index (χ0n) is 36.9. The summed E-state index contributed by atoms with van der Waals surface area (Å²) in [6.07, 6.45) is 44.7. The molecular weight excluding hydrogens is 707 g/mol. The molecule has 326 valence electrons. The molecular formula is C46H91N2O6P. The normalized spacial score (nSPS) is 14.5. The predicted molar refractivity (Wildman–Crippen MR) is 233 cm³/mol. The molecule has 0 aromatic rings. The van der Waals surface area contributed by atoms with Crippen molar-refractivity contribution < 1.29 is 32.9 Å². The van der Waals surface area contributed by atoms with Crippen molar-refractivity contribution in [2.24, 2.45) is 0 Å². The van der Waals surface area contributed by atoms with Crippen LogP contribution in [0.4, 0.5) is 0 Å². The van der Waals surface area contributed by atoms with Gasteiger partial charge in [-0.3, -0.25) is 9.36 Å². The molecule has 0 saturated heterocycles. The Balaban J connectivity index is 4.38. The van der Waals surface area contributed by atoms with Crippen LogP contribution in [0.15, 0.2) is 24.3 Å². The summed E-state index contributed by atoms with van der Waals surface area (Å²) in [5, 5.41) is 13.9. The highest BCUT2D eigenvalue weighted by Crippen LogP contribution is 2.38. The number of aliphatic hydroxyl groups excluding tert-OH is 1. The number of hydrogen-bond acceptors (Lipinski definition) is 6. The van der Waals surface area contributed by atoms with Crippen LogP contribution in [0, 0.1) is 0 Å². The summed E-state index contributed by atoms with van der Waals surface area (Å²) in [5.41, 5.74) is 0. The van der Waals surface area contributed by atoms with Gasteiger partial charge < -0.3 is 28.8 Å². The maximum Gasteiger partial charge on any atom is 0.268 e. The SMILES string of the molecule is CCCCCCCC/C=C/CCCCCCCCCC(=O)N[C@@H](COP(=O)([O-])OCC[N+](C)(C)C)[C@H](O)CCCC/C=C/CCCCCCCCCCCC. The Morgan fingerprint density at radius 3 is 1.42 bits per heavy atom. The number of amides is 1. The van der Waals surface area contributed by atoms with Gasteiger partial charge in [-0.25, -0.2) is 0 Å². The van der Waals surface area contributed by atoms with Crippen molar-refractivity contribution in [2.45, 2.75) is 225 Å². The summed E-state index contributed by atoms with van der Waals surface area (Å²) in [7, 11) is 1.29. The van der Waals surface area contributed by atoms with Gasteiger partial charge in [-0.15, -0.1) is 0 Å². The molecule has 0 bridgehead atoms. The molecule has 1 amide bonds. The van der Waals surface area contributed by atoms with Crippen molar-refractivity contribution >= 4 is 13.7 Å². The fourth-order valence-electron chi connectivity index (χ4n) is 6.68. The summed E-state index contributed by atoms with van der Waals surface area (Å²) in [4.78, 5) is 25.3. The van der Waals surface area contributed by atoms with Crippen LogP contribution >= 0.6 is 7.82 Å². The Morgan fingerprint density at radius 1 is 0.618 bits per heavy atom. The Kier molecular flexibility index (Phi) is 37.8. The van der Waals surface area contributed by atoms with Crippen LogP contribution < -0.4 is 10.2 Å². The second-order valence-electron chi connectivity index (χ2n) is 17.1. The Bertz CT molecular complexity index is 953. The van der Waals surface area contributed by atoms with Crippen molar-refractivity contribution in [2.75, 3.05) is 40.9 Å². The lowest BCUT2D eigenvalue weighted by Gasteiger charge is -2.30. The molecule has 0 heterocycles. The first-order chi connectivity index (χ1) is 26.5. The first-order valence-corrected chi connectivity index (χ1v) is 24.6. The number of rotatable bonds is 42. The van der Waals surface area contributed by atoms with Gasteiger partial charge in [-0.2, -0.15) is 0 Å². The zero-order valence-corrected chi connectivity index (χ0v) is 37.8. The number of carbonyl (C=O) groups excluding carboxylic acids is 1. The summed E-state index contributed by atoms with van der Waals surface area (Å²) in [5.74, 6) is -0.179. The maximum absolute atomic E-state index is 12.9. The van der Waals surface area contributed by atoms with Gasteiger partial charge in [0.25, 0.3) is 7.82 Å². The third-order valence-corrected chi connectivity index (χ3v) is 11.4. The van der Waals surface area contributed by atoms with E-state index < -0.39 is 20.0 Å². The fraction of sp³-hybridized carbons (Fsp3) is 0.891. The summed E-state index contributed by atoms with van der Waals surface area (Å²) in [6.45, 7) is 4.70. The number of aliphatic hydroxyl groups is 1. The Labute approximate surface area is 341 Å². The summed E-state index contributed by atoms with van der Waals surface area (Å²) >= 11 is 0. The van der Waals surface area contributed by atoms with Gasteiger partial charge in [0.15, 0.2) is 0 Å². The van der Waals surface area contributed by atoms with Gasteiger partial charge in [0, 0.05) is 6.42 Å². The summed E-state index contributed by atoms with van der Waals surface area (Å²) in [6, 6.07) is -0.816. The van der Waals surface area contributed by atoms with Crippen LogP contribution in [0.25, 0.3) is 0 Å². The van der Waals surface area contributed by atoms with Gasteiger partial charge in [0.2, 0.25) is 5.91 Å². The number of phosphoric ester groups is 1. The molecule has 0 aromatic carbocycles. The van der Waals surface area contributed by atoms with E-state index in [-0.39, 0.29) is 19.1 Å². The van der Waals surface area contributed by atoms with Crippen molar-refractivity contribution in [3.63, 3.8) is 0 Å². The lowest BCUT2D eigenvalue weighted by Crippen LogP contribution is -2.46. The highest BCUT2D eigenvalue weighted by molar-refractivity contribution is 7.45. The topological polar surface area (TPSA) is 108 Å². The molecule has 1 unspecified atom stereocenters. The van der Waals surface area contributed by atoms with Crippen LogP contribution in [-0.4, -0.2) is 68.5 Å². The van der Waals surface area contributed by atoms with E-state index in [0.29, 0.717) is 23.9 Å². The van der Waals surface area contributed by atoms with Crippen LogP contribution in [0.5, 0.6) is 0 Å². The van der Waals surface area contributed by atoms with Gasteiger partial charge in [0.05, 0.1) is 39.9 Å². The molecule has 55 heavy (non-hydrogen) atoms. The van der Waals surface area contributed by atoms with E-state index >= 15 is 0 Å². The Hall–Kier alpha value is -1.02. The average molecular weight is 799 g/mol. The van der Waals surface area contributed by atoms with Gasteiger partial charge in [-0.1, -0.05) is 167 Å². The highest BCUT2D eigenvalue weighted by Gasteiger charge is 2.24. The van der Waals surface area contributed by atoms with Gasteiger partial charge in [0.1, 0.15) is 13.2 Å². The number of phosphoric acid groups is 1. The van der Waals surface area contributed by atoms with Crippen LogP contribution in [0.1, 0.15) is 213 Å². The second-order valence-corrected chi connectivity index (χ2v) is 18.5. The fourth-order valence-corrected chi connectivity index (χ4v) is 7.40. The minimum atomic E-state index is -4.57. The number of carbonyl (C=O) groups is 1. The number of nitrogens with one attached hydrogen (secondary N) is 1.